The molecule has 1 aromatic carbocycles. The van der Waals surface area contributed by atoms with Crippen LogP contribution < -0.4 is 0 Å². The molecule has 0 N–H and O–H groups in total. The first-order valence-electron chi connectivity index (χ1n) is 7.21. The van der Waals surface area contributed by atoms with Crippen LogP contribution in [0.5, 0.6) is 0 Å². The molecule has 0 bridgehead atoms. The molecule has 5 nitrogen and oxygen atoms in total. The van der Waals surface area contributed by atoms with Gasteiger partial charge in [0.05, 0.1) is 17.5 Å². The van der Waals surface area contributed by atoms with E-state index in [-0.39, 0.29) is 11.5 Å². The van der Waals surface area contributed by atoms with Crippen molar-refractivity contribution in [1.29, 1.82) is 5.26 Å². The molecule has 0 aliphatic rings. The van der Waals surface area contributed by atoms with Crippen LogP contribution in [-0.2, 0) is 4.79 Å². The molecule has 0 saturated heterocycles. The average Bonchev–Trinajstić information content (AvgIpc) is 3.20. The Balaban J connectivity index is 1.71. The first-order valence-corrected chi connectivity index (χ1v) is 10.3. The molecule has 0 aliphatic carbocycles. The van der Waals surface area contributed by atoms with E-state index in [1.807, 2.05) is 42.6 Å². The monoisotopic (exact) mass is 404 g/mol. The van der Waals surface area contributed by atoms with Crippen LogP contribution in [0.25, 0.3) is 5.69 Å². The normalized spacial score (nSPS) is 11.8. The van der Waals surface area contributed by atoms with E-state index in [1.54, 1.807) is 4.68 Å². The molecule has 2 heterocycles. The Morgan fingerprint density at radius 3 is 2.84 bits per heavy atom. The summed E-state index contributed by atoms with van der Waals surface area (Å²) in [6, 6.07) is 11.7. The molecule has 0 aliphatic heterocycles. The van der Waals surface area contributed by atoms with Gasteiger partial charge in [-0.25, -0.2) is 9.67 Å². The number of ketones is 1. The number of rotatable bonds is 6. The summed E-state index contributed by atoms with van der Waals surface area (Å²) in [6.45, 7) is 1.84. The predicted molar refractivity (Wildman–Crippen MR) is 103 cm³/mol. The molecule has 0 saturated carbocycles. The number of nitrogens with zero attached hydrogens (tertiary/aromatic N) is 4. The van der Waals surface area contributed by atoms with Gasteiger partial charge in [-0.1, -0.05) is 41.3 Å². The maximum absolute atomic E-state index is 12.4. The molecular formula is C16H12N4OS4. The number of thiazole rings is 1. The van der Waals surface area contributed by atoms with Crippen LogP contribution in [-0.4, -0.2) is 26.3 Å². The first-order chi connectivity index (χ1) is 12.1. The fraction of sp³-hybridized carbons (Fsp3) is 0.188. The number of para-hydroxylation sites is 1. The molecule has 0 fully saturated rings. The lowest BCUT2D eigenvalue weighted by molar-refractivity contribution is -0.116. The van der Waals surface area contributed by atoms with Crippen molar-refractivity contribution in [2.24, 2.45) is 0 Å². The summed E-state index contributed by atoms with van der Waals surface area (Å²) in [4.78, 5) is 16.6. The molecule has 126 valence electrons. The lowest BCUT2D eigenvalue weighted by Gasteiger charge is -2.03. The summed E-state index contributed by atoms with van der Waals surface area (Å²) >= 11 is 9.34. The van der Waals surface area contributed by atoms with Gasteiger partial charge in [0, 0.05) is 11.1 Å². The Hall–Kier alpha value is -1.86. The summed E-state index contributed by atoms with van der Waals surface area (Å²) in [6.07, 6.45) is 0. The van der Waals surface area contributed by atoms with E-state index < -0.39 is 5.92 Å². The van der Waals surface area contributed by atoms with Gasteiger partial charge < -0.3 is 0 Å². The molecular weight excluding hydrogens is 392 g/mol. The van der Waals surface area contributed by atoms with Gasteiger partial charge >= 0.3 is 0 Å². The number of carbonyl (C=O) groups is 1. The molecule has 0 spiro atoms. The molecule has 2 aromatic heterocycles. The summed E-state index contributed by atoms with van der Waals surface area (Å²) in [5.41, 5.74) is 1.70. The third-order valence-corrected chi connectivity index (χ3v) is 6.62. The summed E-state index contributed by atoms with van der Waals surface area (Å²) < 4.78 is 3.00. The van der Waals surface area contributed by atoms with E-state index in [4.69, 9.17) is 12.2 Å². The van der Waals surface area contributed by atoms with E-state index in [1.165, 1.54) is 34.4 Å². The Bertz CT molecular complexity index is 983. The number of aryl methyl sites for hydroxylation is 1. The number of benzene rings is 1. The van der Waals surface area contributed by atoms with Gasteiger partial charge in [0.15, 0.2) is 20.0 Å². The highest BCUT2D eigenvalue weighted by Gasteiger charge is 2.23. The zero-order chi connectivity index (χ0) is 17.8. The molecule has 0 radical (unpaired) electrons. The third kappa shape index (κ3) is 4.22. The number of carbonyl (C=O) groups excluding carboxylic acids is 1. The Morgan fingerprint density at radius 2 is 2.20 bits per heavy atom. The molecule has 3 rings (SSSR count). The summed E-state index contributed by atoms with van der Waals surface area (Å²) in [5.74, 6) is -0.835. The second kappa shape index (κ2) is 8.01. The number of hydrogen-bond donors (Lipinski definition) is 0. The molecule has 3 aromatic rings. The standard InChI is InChI=1S/C16H12N4OS4/c1-10-8-23-14(18-10)12(7-17)13(21)9-24-15-19-20(16(22)25-15)11-5-3-2-4-6-11/h2-6,8,12H,9H2,1H3/t12-/m1/s1. The zero-order valence-corrected chi connectivity index (χ0v) is 16.3. The second-order valence-corrected chi connectivity index (χ2v) is 8.76. The quantitative estimate of drug-likeness (QED) is 0.448. The molecule has 0 amide bonds. The predicted octanol–water partition coefficient (Wildman–Crippen LogP) is 4.40. The topological polar surface area (TPSA) is 71.6 Å². The van der Waals surface area contributed by atoms with Gasteiger partial charge in [-0.2, -0.15) is 5.26 Å². The van der Waals surface area contributed by atoms with Crippen molar-refractivity contribution in [3.05, 3.63) is 50.4 Å². The fourth-order valence-electron chi connectivity index (χ4n) is 2.04. The van der Waals surface area contributed by atoms with Crippen molar-refractivity contribution >= 4 is 52.4 Å². The van der Waals surface area contributed by atoms with E-state index in [9.17, 15) is 10.1 Å². The Kier molecular flexibility index (Phi) is 5.75. The molecule has 1 atom stereocenters. The second-order valence-electron chi connectivity index (χ2n) is 5.03. The minimum Gasteiger partial charge on any atom is -0.297 e. The van der Waals surface area contributed by atoms with E-state index in [0.717, 1.165) is 11.4 Å². The lowest BCUT2D eigenvalue weighted by atomic mass is 10.1. The lowest BCUT2D eigenvalue weighted by Crippen LogP contribution is -2.13. The van der Waals surface area contributed by atoms with Crippen LogP contribution >= 0.6 is 46.7 Å². The van der Waals surface area contributed by atoms with Crippen molar-refractivity contribution in [3.8, 4) is 11.8 Å². The van der Waals surface area contributed by atoms with Crippen LogP contribution in [0.3, 0.4) is 0 Å². The van der Waals surface area contributed by atoms with E-state index >= 15 is 0 Å². The van der Waals surface area contributed by atoms with Crippen molar-refractivity contribution in [2.45, 2.75) is 17.2 Å². The fourth-order valence-corrected chi connectivity index (χ4v) is 5.17. The zero-order valence-electron chi connectivity index (χ0n) is 13.1. The number of aromatic nitrogens is 3. The molecule has 25 heavy (non-hydrogen) atoms. The van der Waals surface area contributed by atoms with Crippen LogP contribution in [0, 0.1) is 22.2 Å². The average molecular weight is 405 g/mol. The van der Waals surface area contributed by atoms with Crippen LogP contribution in [0.2, 0.25) is 0 Å². The van der Waals surface area contributed by atoms with Crippen molar-refractivity contribution in [2.75, 3.05) is 5.75 Å². The van der Waals surface area contributed by atoms with Gasteiger partial charge in [-0.3, -0.25) is 4.79 Å². The van der Waals surface area contributed by atoms with Gasteiger partial charge in [0.1, 0.15) is 5.01 Å². The first kappa shape index (κ1) is 17.9. The van der Waals surface area contributed by atoms with Gasteiger partial charge in [-0.15, -0.1) is 16.4 Å². The number of thioether (sulfide) groups is 1. The highest BCUT2D eigenvalue weighted by molar-refractivity contribution is 8.01. The van der Waals surface area contributed by atoms with Gasteiger partial charge in [0.25, 0.3) is 0 Å². The highest BCUT2D eigenvalue weighted by atomic mass is 32.2. The van der Waals surface area contributed by atoms with Crippen molar-refractivity contribution in [1.82, 2.24) is 14.8 Å². The van der Waals surface area contributed by atoms with Crippen molar-refractivity contribution in [3.63, 3.8) is 0 Å². The maximum Gasteiger partial charge on any atom is 0.184 e. The summed E-state index contributed by atoms with van der Waals surface area (Å²) in [7, 11) is 0. The van der Waals surface area contributed by atoms with Crippen LogP contribution in [0.1, 0.15) is 16.6 Å². The van der Waals surface area contributed by atoms with Crippen LogP contribution in [0.4, 0.5) is 0 Å². The molecule has 0 unspecified atom stereocenters. The highest BCUT2D eigenvalue weighted by Crippen LogP contribution is 2.27. The van der Waals surface area contributed by atoms with E-state index in [0.29, 0.717) is 13.3 Å². The van der Waals surface area contributed by atoms with Gasteiger partial charge in [0.2, 0.25) is 0 Å². The smallest absolute Gasteiger partial charge is 0.184 e. The minimum absolute atomic E-state index is 0.161. The van der Waals surface area contributed by atoms with Gasteiger partial charge in [-0.05, 0) is 31.3 Å². The number of Topliss-reactive ketones (excluding diaryl/α,β-unsaturated/α-hetero) is 1. The minimum atomic E-state index is -0.824. The maximum atomic E-state index is 12.4. The van der Waals surface area contributed by atoms with E-state index in [2.05, 4.69) is 16.2 Å². The Labute approximate surface area is 162 Å². The van der Waals surface area contributed by atoms with Crippen LogP contribution in [0.15, 0.2) is 40.1 Å². The third-order valence-electron chi connectivity index (χ3n) is 3.20. The number of nitriles is 1. The van der Waals surface area contributed by atoms with Crippen molar-refractivity contribution < 1.29 is 4.79 Å². The largest absolute Gasteiger partial charge is 0.297 e. The summed E-state index contributed by atoms with van der Waals surface area (Å²) in [5, 5.41) is 16.2. The Morgan fingerprint density at radius 1 is 1.44 bits per heavy atom. The molecule has 9 heteroatoms. The number of hydrogen-bond acceptors (Lipinski definition) is 8. The SMILES string of the molecule is Cc1csc([C@H](C#N)C(=O)CSc2nn(-c3ccccc3)c(=S)s2)n1.